The van der Waals surface area contributed by atoms with Crippen LogP contribution >= 0.6 is 0 Å². The van der Waals surface area contributed by atoms with E-state index >= 15 is 0 Å². The summed E-state index contributed by atoms with van der Waals surface area (Å²) in [5.74, 6) is 0.0334. The van der Waals surface area contributed by atoms with Crippen molar-refractivity contribution in [2.75, 3.05) is 30.6 Å². The zero-order valence-corrected chi connectivity index (χ0v) is 25.1. The van der Waals surface area contributed by atoms with Gasteiger partial charge in [-0.2, -0.15) is 0 Å². The van der Waals surface area contributed by atoms with Crippen LogP contribution in [0, 0.1) is 10.1 Å². The van der Waals surface area contributed by atoms with Gasteiger partial charge in [-0.15, -0.1) is 0 Å². The molecule has 4 rings (SSSR count). The number of nitrogens with zero attached hydrogens (tertiary/aromatic N) is 3. The molecule has 4 unspecified atom stereocenters. The summed E-state index contributed by atoms with van der Waals surface area (Å²) in [5, 5.41) is 29.5. The first-order valence-electron chi connectivity index (χ1n) is 14.2. The molecule has 4 atom stereocenters. The maximum Gasteiger partial charge on any atom is 0.329 e. The number of hydrogen-bond acceptors (Lipinski definition) is 12. The molecule has 0 aliphatic heterocycles. The van der Waals surface area contributed by atoms with Gasteiger partial charge in [-0.1, -0.05) is 24.3 Å². The Morgan fingerprint density at radius 3 is 2.09 bits per heavy atom. The van der Waals surface area contributed by atoms with Gasteiger partial charge in [-0.25, -0.2) is 14.8 Å². The summed E-state index contributed by atoms with van der Waals surface area (Å²) in [7, 11) is 2.99. The Balaban J connectivity index is 1.59. The lowest BCUT2D eigenvalue weighted by molar-refractivity contribution is -0.384. The first-order valence-corrected chi connectivity index (χ1v) is 14.2. The van der Waals surface area contributed by atoms with Gasteiger partial charge in [0, 0.05) is 37.0 Å². The molecule has 13 heteroatoms. The van der Waals surface area contributed by atoms with E-state index in [1.165, 1.54) is 38.6 Å². The number of ether oxygens (including phenoxy) is 3. The Morgan fingerprint density at radius 2 is 1.49 bits per heavy atom. The second kappa shape index (κ2) is 15.3. The third kappa shape index (κ3) is 8.80. The molecule has 0 fully saturated rings. The molecule has 0 saturated carbocycles. The Kier molecular flexibility index (Phi) is 11.1. The largest absolute Gasteiger partial charge is 0.481 e. The summed E-state index contributed by atoms with van der Waals surface area (Å²) < 4.78 is 16.3. The van der Waals surface area contributed by atoms with Crippen LogP contribution in [-0.4, -0.2) is 64.5 Å². The highest BCUT2D eigenvalue weighted by Gasteiger charge is 2.32. The molecule has 0 aliphatic carbocycles. The summed E-state index contributed by atoms with van der Waals surface area (Å²) in [6.45, 7) is 1.58. The normalized spacial score (nSPS) is 13.5. The number of para-hydroxylation sites is 4. The Morgan fingerprint density at radius 1 is 0.911 bits per heavy atom. The highest BCUT2D eigenvalue weighted by Crippen LogP contribution is 2.26. The quantitative estimate of drug-likeness (QED) is 0.0652. The van der Waals surface area contributed by atoms with Crippen molar-refractivity contribution in [2.24, 2.45) is 0 Å². The van der Waals surface area contributed by atoms with Crippen molar-refractivity contribution in [3.05, 3.63) is 106 Å². The van der Waals surface area contributed by atoms with Gasteiger partial charge in [0.15, 0.2) is 0 Å². The van der Waals surface area contributed by atoms with Gasteiger partial charge in [-0.3, -0.25) is 10.1 Å². The van der Waals surface area contributed by atoms with E-state index in [9.17, 15) is 20.0 Å². The van der Waals surface area contributed by atoms with Crippen molar-refractivity contribution in [1.29, 1.82) is 0 Å². The fourth-order valence-corrected chi connectivity index (χ4v) is 4.75. The summed E-state index contributed by atoms with van der Waals surface area (Å²) >= 11 is 0. The predicted octanol–water partition coefficient (Wildman–Crippen LogP) is 4.02. The van der Waals surface area contributed by atoms with Gasteiger partial charge < -0.3 is 35.7 Å². The number of pyridine rings is 2. The number of aromatic nitrogens is 2. The van der Waals surface area contributed by atoms with E-state index in [2.05, 4.69) is 20.6 Å². The van der Waals surface area contributed by atoms with E-state index in [0.29, 0.717) is 35.1 Å². The summed E-state index contributed by atoms with van der Waals surface area (Å²) in [6.07, 6.45) is 1.32. The van der Waals surface area contributed by atoms with Crippen molar-refractivity contribution < 1.29 is 29.0 Å². The standard InChI is InChI=1S/C32H36N6O7/c1-20(31(39)26(36-24-9-5-4-8-23(24)33)16-21-12-14-34-29(18-21)43-2)45-32(40)27(17-22-13-15-35-30(19-22)44-3)37-25-10-6-7-11-28(25)38(41)42/h4-15,18-20,26-27,31,36-37,39H,16-17,33H2,1-3H3. The molecule has 0 saturated heterocycles. The molecule has 2 aromatic carbocycles. The van der Waals surface area contributed by atoms with E-state index in [1.54, 1.807) is 61.7 Å². The molecule has 45 heavy (non-hydrogen) atoms. The van der Waals surface area contributed by atoms with Gasteiger partial charge in [0.1, 0.15) is 23.9 Å². The minimum absolute atomic E-state index is 0.0889. The molecule has 0 amide bonds. The van der Waals surface area contributed by atoms with Crippen molar-refractivity contribution in [2.45, 2.75) is 44.1 Å². The van der Waals surface area contributed by atoms with Crippen LogP contribution in [0.2, 0.25) is 0 Å². The third-order valence-corrected chi connectivity index (χ3v) is 7.12. The Labute approximate surface area is 260 Å². The Hall–Kier alpha value is -5.43. The molecule has 0 bridgehead atoms. The monoisotopic (exact) mass is 616 g/mol. The Bertz CT molecular complexity index is 1600. The number of nitrogens with two attached hydrogens (primary N) is 1. The van der Waals surface area contributed by atoms with E-state index in [4.69, 9.17) is 19.9 Å². The van der Waals surface area contributed by atoms with Crippen LogP contribution in [0.25, 0.3) is 0 Å². The second-order valence-corrected chi connectivity index (χ2v) is 10.3. The molecular weight excluding hydrogens is 580 g/mol. The van der Waals surface area contributed by atoms with Gasteiger partial charge >= 0.3 is 5.97 Å². The molecular formula is C32H36N6O7. The summed E-state index contributed by atoms with van der Waals surface area (Å²) in [5.41, 5.74) is 8.69. The number of nitro benzene ring substituents is 1. The minimum atomic E-state index is -1.21. The summed E-state index contributed by atoms with van der Waals surface area (Å²) in [6, 6.07) is 18.3. The predicted molar refractivity (Wildman–Crippen MR) is 169 cm³/mol. The lowest BCUT2D eigenvalue weighted by atomic mass is 9.98. The molecule has 0 radical (unpaired) electrons. The van der Waals surface area contributed by atoms with E-state index in [0.717, 1.165) is 5.56 Å². The number of anilines is 3. The van der Waals surface area contributed by atoms with Crippen molar-refractivity contribution in [3.8, 4) is 11.8 Å². The van der Waals surface area contributed by atoms with Gasteiger partial charge in [-0.05, 0) is 54.8 Å². The number of esters is 1. The van der Waals surface area contributed by atoms with Crippen molar-refractivity contribution in [3.63, 3.8) is 0 Å². The molecule has 2 heterocycles. The van der Waals surface area contributed by atoms with Crippen molar-refractivity contribution in [1.82, 2.24) is 9.97 Å². The smallest absolute Gasteiger partial charge is 0.329 e. The first-order chi connectivity index (χ1) is 21.7. The number of rotatable bonds is 15. The van der Waals surface area contributed by atoms with Crippen LogP contribution < -0.4 is 25.8 Å². The average molecular weight is 617 g/mol. The van der Waals surface area contributed by atoms with Gasteiger partial charge in [0.2, 0.25) is 11.8 Å². The summed E-state index contributed by atoms with van der Waals surface area (Å²) in [4.78, 5) is 33.1. The second-order valence-electron chi connectivity index (χ2n) is 10.3. The lowest BCUT2D eigenvalue weighted by Gasteiger charge is -2.31. The molecule has 0 spiro atoms. The number of aliphatic hydroxyl groups is 1. The number of methoxy groups -OCH3 is 2. The third-order valence-electron chi connectivity index (χ3n) is 7.12. The molecule has 0 aliphatic rings. The van der Waals surface area contributed by atoms with Crippen LogP contribution in [0.3, 0.4) is 0 Å². The first kappa shape index (κ1) is 32.5. The highest BCUT2D eigenvalue weighted by atomic mass is 16.6. The zero-order valence-electron chi connectivity index (χ0n) is 25.1. The van der Waals surface area contributed by atoms with E-state index in [1.807, 2.05) is 6.07 Å². The number of carbonyl (C=O) groups is 1. The molecule has 2 aromatic heterocycles. The van der Waals surface area contributed by atoms with Gasteiger partial charge in [0.25, 0.3) is 5.69 Å². The zero-order chi connectivity index (χ0) is 32.3. The minimum Gasteiger partial charge on any atom is -0.481 e. The molecule has 5 N–H and O–H groups in total. The van der Waals surface area contributed by atoms with Crippen LogP contribution in [-0.2, 0) is 22.4 Å². The van der Waals surface area contributed by atoms with Crippen LogP contribution in [0.15, 0.2) is 85.2 Å². The van der Waals surface area contributed by atoms with Crippen LogP contribution in [0.4, 0.5) is 22.7 Å². The number of nitrogen functional groups attached to an aromatic ring is 1. The maximum absolute atomic E-state index is 13.7. The molecule has 13 nitrogen and oxygen atoms in total. The van der Waals surface area contributed by atoms with E-state index < -0.39 is 35.2 Å². The number of nitro groups is 1. The highest BCUT2D eigenvalue weighted by molar-refractivity contribution is 5.81. The number of hydrogen-bond donors (Lipinski definition) is 4. The molecule has 4 aromatic rings. The topological polar surface area (TPSA) is 184 Å². The van der Waals surface area contributed by atoms with Crippen molar-refractivity contribution >= 4 is 28.7 Å². The average Bonchev–Trinajstić information content (AvgIpc) is 3.05. The SMILES string of the molecule is COc1cc(CC(Nc2ccccc2[N+](=O)[O-])C(=O)OC(C)C(O)C(Cc2ccnc(OC)c2)Nc2ccccc2N)ccn1. The maximum atomic E-state index is 13.7. The fourth-order valence-electron chi connectivity index (χ4n) is 4.75. The number of benzene rings is 2. The van der Waals surface area contributed by atoms with Gasteiger partial charge in [0.05, 0.1) is 36.6 Å². The molecule has 236 valence electrons. The fraction of sp³-hybridized carbons (Fsp3) is 0.281. The number of aliphatic hydroxyl groups excluding tert-OH is 1. The van der Waals surface area contributed by atoms with Crippen LogP contribution in [0.1, 0.15) is 18.1 Å². The number of nitrogens with one attached hydrogen (secondary N) is 2. The number of carbonyl (C=O) groups excluding carboxylic acids is 1. The van der Waals surface area contributed by atoms with Crippen LogP contribution in [0.5, 0.6) is 11.8 Å². The lowest BCUT2D eigenvalue weighted by Crippen LogP contribution is -2.46. The van der Waals surface area contributed by atoms with E-state index in [-0.39, 0.29) is 17.8 Å².